The van der Waals surface area contributed by atoms with Gasteiger partial charge in [0.05, 0.1) is 16.7 Å². The van der Waals surface area contributed by atoms with Gasteiger partial charge in [-0.1, -0.05) is 0 Å². The van der Waals surface area contributed by atoms with E-state index in [4.69, 9.17) is 0 Å². The van der Waals surface area contributed by atoms with Gasteiger partial charge in [-0.25, -0.2) is 9.61 Å². The molecule has 10 nitrogen and oxygen atoms in total. The lowest BCUT2D eigenvalue weighted by molar-refractivity contribution is -0.383. The minimum absolute atomic E-state index is 0.102. The number of benzene rings is 1. The van der Waals surface area contributed by atoms with Crippen LogP contribution in [0.2, 0.25) is 0 Å². The van der Waals surface area contributed by atoms with Crippen molar-refractivity contribution in [2.45, 2.75) is 13.0 Å². The van der Waals surface area contributed by atoms with Crippen molar-refractivity contribution in [2.75, 3.05) is 5.32 Å². The molecule has 3 aromatic rings. The summed E-state index contributed by atoms with van der Waals surface area (Å²) in [6.45, 7) is 1.86. The molecule has 2 heterocycles. The van der Waals surface area contributed by atoms with E-state index in [0.717, 1.165) is 0 Å². The first-order valence-electron chi connectivity index (χ1n) is 5.68. The smallest absolute Gasteiger partial charge is 0.300 e. The van der Waals surface area contributed by atoms with Crippen LogP contribution in [0.15, 0.2) is 23.1 Å². The molecule has 2 aromatic heterocycles. The average molecular weight is 275 g/mol. The normalized spacial score (nSPS) is 12.4. The number of H-pyrrole nitrogens is 1. The van der Waals surface area contributed by atoms with Crippen molar-refractivity contribution in [1.82, 2.24) is 25.5 Å². The predicted molar refractivity (Wildman–Crippen MR) is 66.9 cm³/mol. The largest absolute Gasteiger partial charge is 0.373 e. The molecule has 0 aliphatic heterocycles. The Balaban J connectivity index is 1.99. The van der Waals surface area contributed by atoms with Crippen LogP contribution in [0.4, 0.5) is 11.4 Å². The fourth-order valence-electron chi connectivity index (χ4n) is 1.84. The van der Waals surface area contributed by atoms with Gasteiger partial charge in [0.2, 0.25) is 5.52 Å². The molecule has 0 aliphatic rings. The molecule has 0 aliphatic carbocycles. The molecule has 0 spiro atoms. The van der Waals surface area contributed by atoms with Crippen molar-refractivity contribution in [2.24, 2.45) is 0 Å². The van der Waals surface area contributed by atoms with E-state index in [2.05, 4.69) is 35.4 Å². The van der Waals surface area contributed by atoms with Gasteiger partial charge in [-0.2, -0.15) is 5.10 Å². The number of anilines is 1. The minimum Gasteiger partial charge on any atom is -0.373 e. The van der Waals surface area contributed by atoms with E-state index in [1.807, 2.05) is 6.92 Å². The highest BCUT2D eigenvalue weighted by atomic mass is 16.6. The zero-order valence-corrected chi connectivity index (χ0v) is 10.3. The van der Waals surface area contributed by atoms with Gasteiger partial charge in [-0.05, 0) is 23.3 Å². The van der Waals surface area contributed by atoms with Gasteiger partial charge in [0.1, 0.15) is 12.2 Å². The number of nitrogens with zero attached hydrogens (tertiary/aromatic N) is 5. The Morgan fingerprint density at radius 3 is 2.90 bits per heavy atom. The summed E-state index contributed by atoms with van der Waals surface area (Å²) >= 11 is 0. The number of hydrogen-bond acceptors (Lipinski definition) is 8. The fourth-order valence-corrected chi connectivity index (χ4v) is 1.84. The summed E-state index contributed by atoms with van der Waals surface area (Å²) in [4.78, 5) is 14.4. The van der Waals surface area contributed by atoms with Crippen LogP contribution in [-0.4, -0.2) is 30.4 Å². The van der Waals surface area contributed by atoms with E-state index in [1.165, 1.54) is 12.4 Å². The Bertz CT molecular complexity index is 751. The van der Waals surface area contributed by atoms with Crippen LogP contribution >= 0.6 is 0 Å². The van der Waals surface area contributed by atoms with Gasteiger partial charge in [0.25, 0.3) is 0 Å². The van der Waals surface area contributed by atoms with Crippen LogP contribution in [0.1, 0.15) is 18.8 Å². The Morgan fingerprint density at radius 1 is 1.40 bits per heavy atom. The molecule has 1 aromatic carbocycles. The molecule has 0 bridgehead atoms. The van der Waals surface area contributed by atoms with Crippen molar-refractivity contribution < 1.29 is 9.55 Å². The summed E-state index contributed by atoms with van der Waals surface area (Å²) in [5, 5.41) is 27.8. The number of nitrogens with one attached hydrogen (secondary N) is 2. The molecular weight excluding hydrogens is 266 g/mol. The first kappa shape index (κ1) is 12.0. The lowest BCUT2D eigenvalue weighted by Gasteiger charge is -2.12. The molecule has 0 saturated carbocycles. The average Bonchev–Trinajstić information content (AvgIpc) is 3.10. The van der Waals surface area contributed by atoms with Gasteiger partial charge in [-0.15, -0.1) is 0 Å². The highest BCUT2D eigenvalue weighted by Gasteiger charge is 2.20. The summed E-state index contributed by atoms with van der Waals surface area (Å²) in [7, 11) is 0. The number of aromatic amines is 1. The van der Waals surface area contributed by atoms with Crippen LogP contribution in [-0.2, 0) is 0 Å². The SMILES string of the molecule is CC(Nc1ccc([N+](=O)[O-])c2nonc12)c1ncn[nH]1. The van der Waals surface area contributed by atoms with E-state index in [-0.39, 0.29) is 17.2 Å². The molecule has 0 saturated heterocycles. The molecule has 0 fully saturated rings. The molecule has 102 valence electrons. The van der Waals surface area contributed by atoms with Gasteiger partial charge in [0.15, 0.2) is 5.52 Å². The van der Waals surface area contributed by atoms with Gasteiger partial charge >= 0.3 is 5.69 Å². The van der Waals surface area contributed by atoms with E-state index in [1.54, 1.807) is 6.07 Å². The van der Waals surface area contributed by atoms with Crippen molar-refractivity contribution >= 4 is 22.4 Å². The van der Waals surface area contributed by atoms with E-state index < -0.39 is 4.92 Å². The third kappa shape index (κ3) is 1.92. The molecule has 20 heavy (non-hydrogen) atoms. The van der Waals surface area contributed by atoms with E-state index in [0.29, 0.717) is 17.0 Å². The fraction of sp³-hybridized carbons (Fsp3) is 0.200. The van der Waals surface area contributed by atoms with E-state index in [9.17, 15) is 10.1 Å². The molecule has 0 radical (unpaired) electrons. The Labute approximate surface area is 111 Å². The first-order valence-corrected chi connectivity index (χ1v) is 5.68. The molecule has 0 amide bonds. The topological polar surface area (TPSA) is 136 Å². The lowest BCUT2D eigenvalue weighted by atomic mass is 10.2. The van der Waals surface area contributed by atoms with Crippen LogP contribution in [0, 0.1) is 10.1 Å². The summed E-state index contributed by atoms with van der Waals surface area (Å²) in [5.41, 5.74) is 0.810. The monoisotopic (exact) mass is 275 g/mol. The van der Waals surface area contributed by atoms with Gasteiger partial charge < -0.3 is 5.32 Å². The summed E-state index contributed by atoms with van der Waals surface area (Å²) in [6, 6.07) is 2.72. The standard InChI is InChI=1S/C10H9N7O3/c1-5(10-11-4-12-14-10)13-6-2-3-7(17(18)19)9-8(6)15-20-16-9/h2-5,13H,1H3,(H,11,12,14). The molecule has 2 N–H and O–H groups in total. The number of non-ortho nitro benzene ring substituents is 1. The Hall–Kier alpha value is -3.04. The Morgan fingerprint density at radius 2 is 2.20 bits per heavy atom. The van der Waals surface area contributed by atoms with Crippen molar-refractivity contribution in [3.8, 4) is 0 Å². The summed E-state index contributed by atoms with van der Waals surface area (Å²) in [6.07, 6.45) is 1.40. The molecule has 10 heteroatoms. The van der Waals surface area contributed by atoms with Crippen LogP contribution < -0.4 is 5.32 Å². The zero-order valence-electron chi connectivity index (χ0n) is 10.3. The van der Waals surface area contributed by atoms with Gasteiger partial charge in [0, 0.05) is 6.07 Å². The summed E-state index contributed by atoms with van der Waals surface area (Å²) < 4.78 is 4.59. The van der Waals surface area contributed by atoms with E-state index >= 15 is 0 Å². The molecule has 1 atom stereocenters. The van der Waals surface area contributed by atoms with Gasteiger partial charge in [-0.3, -0.25) is 15.2 Å². The molecule has 3 rings (SSSR count). The summed E-state index contributed by atoms with van der Waals surface area (Å²) in [5.74, 6) is 0.632. The zero-order chi connectivity index (χ0) is 14.1. The minimum atomic E-state index is -0.532. The second-order valence-electron chi connectivity index (χ2n) is 4.09. The first-order chi connectivity index (χ1) is 9.66. The maximum absolute atomic E-state index is 10.9. The second kappa shape index (κ2) is 4.57. The van der Waals surface area contributed by atoms with Crippen LogP contribution in [0.25, 0.3) is 11.0 Å². The highest BCUT2D eigenvalue weighted by molar-refractivity contribution is 5.93. The molecule has 1 unspecified atom stereocenters. The number of fused-ring (bicyclic) bond motifs is 1. The van der Waals surface area contributed by atoms with Crippen molar-refractivity contribution in [3.63, 3.8) is 0 Å². The molecular formula is C10H9N7O3. The predicted octanol–water partition coefficient (Wildman–Crippen LogP) is 1.42. The van der Waals surface area contributed by atoms with Crippen LogP contribution in [0.5, 0.6) is 0 Å². The Kier molecular flexibility index (Phi) is 2.75. The maximum Gasteiger partial charge on any atom is 0.300 e. The van der Waals surface area contributed by atoms with Crippen LogP contribution in [0.3, 0.4) is 0 Å². The highest BCUT2D eigenvalue weighted by Crippen LogP contribution is 2.30. The quantitative estimate of drug-likeness (QED) is 0.539. The number of nitro benzene ring substituents is 1. The second-order valence-corrected chi connectivity index (χ2v) is 4.09. The number of rotatable bonds is 4. The third-order valence-corrected chi connectivity index (χ3v) is 2.81. The van der Waals surface area contributed by atoms with Crippen molar-refractivity contribution in [3.05, 3.63) is 34.4 Å². The third-order valence-electron chi connectivity index (χ3n) is 2.81. The number of nitro groups is 1. The van der Waals surface area contributed by atoms with Crippen molar-refractivity contribution in [1.29, 1.82) is 0 Å². The lowest BCUT2D eigenvalue weighted by Crippen LogP contribution is -2.09. The maximum atomic E-state index is 10.9. The number of aromatic nitrogens is 5. The number of hydrogen-bond donors (Lipinski definition) is 2.